The Morgan fingerprint density at radius 1 is 1.13 bits per heavy atom. The Morgan fingerprint density at radius 2 is 1.95 bits per heavy atom. The normalized spacial score (nSPS) is 20.2. The molecule has 2 aliphatic heterocycles. The zero-order valence-electron chi connectivity index (χ0n) is 21.4. The molecule has 0 bridgehead atoms. The highest BCUT2D eigenvalue weighted by Crippen LogP contribution is 2.45. The number of aryl methyl sites for hydroxylation is 2. The largest absolute Gasteiger partial charge is 0.507 e. The van der Waals surface area contributed by atoms with E-state index in [0.717, 1.165) is 32.7 Å². The fourth-order valence-corrected chi connectivity index (χ4v) is 6.51. The minimum atomic E-state index is -0.879. The van der Waals surface area contributed by atoms with Gasteiger partial charge >= 0.3 is 5.91 Å². The molecule has 1 aromatic heterocycles. The molecule has 38 heavy (non-hydrogen) atoms. The number of aliphatic hydroxyl groups excluding tert-OH is 1. The molecule has 0 radical (unpaired) electrons. The van der Waals surface area contributed by atoms with E-state index in [1.54, 1.807) is 37.4 Å². The number of methoxy groups -OCH3 is 1. The molecule has 7 nitrogen and oxygen atoms in total. The van der Waals surface area contributed by atoms with Crippen LogP contribution in [0.3, 0.4) is 0 Å². The minimum absolute atomic E-state index is 0.0160. The molecule has 4 aromatic rings. The molecule has 0 aliphatic carbocycles. The SMILES string of the molecule is COc1cccc([C@@H]2/C(=C(\O)c3ccc4c(c3)C[C@@H](C)O4)C(=O)C(=O)N2c2nc3c(C)cc(C)cc3s2)c1. The number of carbonyl (C=O) groups excluding carboxylic acids is 2. The van der Waals surface area contributed by atoms with Gasteiger partial charge in [0, 0.05) is 12.0 Å². The van der Waals surface area contributed by atoms with Crippen molar-refractivity contribution in [3.05, 3.63) is 88.0 Å². The Kier molecular flexibility index (Phi) is 5.72. The number of fused-ring (bicyclic) bond motifs is 2. The molecule has 192 valence electrons. The quantitative estimate of drug-likeness (QED) is 0.203. The smallest absolute Gasteiger partial charge is 0.301 e. The Bertz CT molecular complexity index is 1670. The van der Waals surface area contributed by atoms with Crippen molar-refractivity contribution < 1.29 is 24.2 Å². The van der Waals surface area contributed by atoms with Gasteiger partial charge in [-0.2, -0.15) is 0 Å². The third-order valence-electron chi connectivity index (χ3n) is 7.05. The summed E-state index contributed by atoms with van der Waals surface area (Å²) in [5, 5.41) is 11.9. The second-order valence-electron chi connectivity index (χ2n) is 9.83. The fourth-order valence-electron chi connectivity index (χ4n) is 5.34. The van der Waals surface area contributed by atoms with Gasteiger partial charge in [-0.3, -0.25) is 14.5 Å². The second kappa shape index (κ2) is 8.99. The number of carbonyl (C=O) groups is 2. The van der Waals surface area contributed by atoms with Gasteiger partial charge < -0.3 is 14.6 Å². The number of aliphatic hydroxyl groups is 1. The number of benzene rings is 3. The summed E-state index contributed by atoms with van der Waals surface area (Å²) in [5.74, 6) is -0.376. The highest BCUT2D eigenvalue weighted by atomic mass is 32.1. The molecule has 3 aromatic carbocycles. The summed E-state index contributed by atoms with van der Waals surface area (Å²) in [4.78, 5) is 33.4. The number of ether oxygens (including phenoxy) is 2. The van der Waals surface area contributed by atoms with E-state index in [0.29, 0.717) is 28.4 Å². The average molecular weight is 527 g/mol. The minimum Gasteiger partial charge on any atom is -0.507 e. The molecule has 1 saturated heterocycles. The van der Waals surface area contributed by atoms with Crippen LogP contribution in [0.5, 0.6) is 11.5 Å². The number of thiazole rings is 1. The van der Waals surface area contributed by atoms with Crippen LogP contribution >= 0.6 is 11.3 Å². The molecule has 0 spiro atoms. The van der Waals surface area contributed by atoms with Gasteiger partial charge in [0.25, 0.3) is 5.78 Å². The average Bonchev–Trinajstić information content (AvgIpc) is 3.56. The maximum absolute atomic E-state index is 13.6. The highest BCUT2D eigenvalue weighted by Gasteiger charge is 2.48. The first-order chi connectivity index (χ1) is 18.2. The van der Waals surface area contributed by atoms with Crippen molar-refractivity contribution in [3.8, 4) is 11.5 Å². The van der Waals surface area contributed by atoms with Crippen LogP contribution in [-0.2, 0) is 16.0 Å². The third-order valence-corrected chi connectivity index (χ3v) is 8.05. The van der Waals surface area contributed by atoms with E-state index >= 15 is 0 Å². The van der Waals surface area contributed by atoms with E-state index in [4.69, 9.17) is 14.5 Å². The molecular weight excluding hydrogens is 500 g/mol. The van der Waals surface area contributed by atoms with Gasteiger partial charge in [-0.15, -0.1) is 0 Å². The van der Waals surface area contributed by atoms with Gasteiger partial charge in [0.05, 0.1) is 28.9 Å². The molecule has 0 unspecified atom stereocenters. The van der Waals surface area contributed by atoms with Crippen LogP contribution in [0, 0.1) is 13.8 Å². The number of hydrogen-bond donors (Lipinski definition) is 1. The zero-order chi connectivity index (χ0) is 26.7. The standard InChI is InChI=1S/C30H26N2O5S/c1-15-10-16(2)25-23(11-15)38-30(31-25)32-26(18-6-5-7-21(14-18)36-4)24(28(34)29(32)35)27(33)19-8-9-22-20(13-19)12-17(3)37-22/h5-11,13-14,17,26,33H,12H2,1-4H3/b27-24+/t17-,26-/m1/s1. The van der Waals surface area contributed by atoms with Gasteiger partial charge in [0.1, 0.15) is 23.4 Å². The van der Waals surface area contributed by atoms with Crippen molar-refractivity contribution in [2.45, 2.75) is 39.3 Å². The molecule has 2 aliphatic rings. The van der Waals surface area contributed by atoms with Gasteiger partial charge in [0.2, 0.25) is 0 Å². The van der Waals surface area contributed by atoms with Crippen molar-refractivity contribution in [3.63, 3.8) is 0 Å². The lowest BCUT2D eigenvalue weighted by molar-refractivity contribution is -0.132. The zero-order valence-corrected chi connectivity index (χ0v) is 22.3. The molecule has 1 amide bonds. The molecule has 8 heteroatoms. The number of aromatic nitrogens is 1. The summed E-state index contributed by atoms with van der Waals surface area (Å²) in [6.07, 6.45) is 0.741. The highest BCUT2D eigenvalue weighted by molar-refractivity contribution is 7.22. The van der Waals surface area contributed by atoms with Gasteiger partial charge in [-0.25, -0.2) is 4.98 Å². The maximum Gasteiger partial charge on any atom is 0.301 e. The van der Waals surface area contributed by atoms with Crippen molar-refractivity contribution in [1.82, 2.24) is 4.98 Å². The molecule has 1 N–H and O–H groups in total. The molecule has 3 heterocycles. The van der Waals surface area contributed by atoms with E-state index in [-0.39, 0.29) is 17.4 Å². The number of hydrogen-bond acceptors (Lipinski definition) is 7. The summed E-state index contributed by atoms with van der Waals surface area (Å²) in [6, 6.07) is 15.7. The summed E-state index contributed by atoms with van der Waals surface area (Å²) < 4.78 is 12.2. The summed E-state index contributed by atoms with van der Waals surface area (Å²) >= 11 is 1.35. The van der Waals surface area contributed by atoms with Gasteiger partial charge in [-0.1, -0.05) is 29.5 Å². The molecule has 0 saturated carbocycles. The predicted octanol–water partition coefficient (Wildman–Crippen LogP) is 5.87. The van der Waals surface area contributed by atoms with Gasteiger partial charge in [-0.05, 0) is 79.4 Å². The monoisotopic (exact) mass is 526 g/mol. The van der Waals surface area contributed by atoms with Crippen LogP contribution in [0.4, 0.5) is 5.13 Å². The summed E-state index contributed by atoms with van der Waals surface area (Å²) in [7, 11) is 1.56. The lowest BCUT2D eigenvalue weighted by Gasteiger charge is -2.23. The fraction of sp³-hybridized carbons (Fsp3) is 0.233. The van der Waals surface area contributed by atoms with Crippen molar-refractivity contribution in [1.29, 1.82) is 0 Å². The van der Waals surface area contributed by atoms with Crippen LogP contribution in [0.15, 0.2) is 60.2 Å². The van der Waals surface area contributed by atoms with Crippen LogP contribution in [0.2, 0.25) is 0 Å². The second-order valence-corrected chi connectivity index (χ2v) is 10.8. The third kappa shape index (κ3) is 3.83. The molecule has 2 atom stereocenters. The number of amides is 1. The Balaban J connectivity index is 1.55. The summed E-state index contributed by atoms with van der Waals surface area (Å²) in [5.41, 5.74) is 4.93. The summed E-state index contributed by atoms with van der Waals surface area (Å²) in [6.45, 7) is 5.97. The van der Waals surface area contributed by atoms with Crippen LogP contribution in [0.1, 0.15) is 40.8 Å². The van der Waals surface area contributed by atoms with Crippen molar-refractivity contribution in [2.24, 2.45) is 0 Å². The lowest BCUT2D eigenvalue weighted by atomic mass is 9.94. The first-order valence-corrected chi connectivity index (χ1v) is 13.2. The number of nitrogens with zero attached hydrogens (tertiary/aromatic N) is 2. The molecular formula is C30H26N2O5S. The Hall–Kier alpha value is -4.17. The number of anilines is 1. The Morgan fingerprint density at radius 3 is 2.74 bits per heavy atom. The van der Waals surface area contributed by atoms with E-state index < -0.39 is 17.7 Å². The van der Waals surface area contributed by atoms with Crippen LogP contribution in [0.25, 0.3) is 16.0 Å². The van der Waals surface area contributed by atoms with Crippen molar-refractivity contribution >= 4 is 44.1 Å². The molecule has 6 rings (SSSR count). The lowest BCUT2D eigenvalue weighted by Crippen LogP contribution is -2.29. The van der Waals surface area contributed by atoms with Crippen molar-refractivity contribution in [2.75, 3.05) is 12.0 Å². The van der Waals surface area contributed by atoms with Crippen LogP contribution in [-0.4, -0.2) is 35.0 Å². The van der Waals surface area contributed by atoms with Crippen LogP contribution < -0.4 is 14.4 Å². The number of Topliss-reactive ketones (excluding diaryl/α,β-unsaturated/α-hetero) is 1. The maximum atomic E-state index is 13.6. The van der Waals surface area contributed by atoms with E-state index in [1.807, 2.05) is 45.0 Å². The first kappa shape index (κ1) is 24.2. The van der Waals surface area contributed by atoms with E-state index in [2.05, 4.69) is 0 Å². The predicted molar refractivity (Wildman–Crippen MR) is 147 cm³/mol. The number of rotatable bonds is 4. The topological polar surface area (TPSA) is 89.0 Å². The Labute approximate surface area is 224 Å². The first-order valence-electron chi connectivity index (χ1n) is 12.4. The molecule has 1 fully saturated rings. The van der Waals surface area contributed by atoms with Gasteiger partial charge in [0.15, 0.2) is 5.13 Å². The number of ketones is 1. The van der Waals surface area contributed by atoms with E-state index in [1.165, 1.54) is 16.2 Å². The van der Waals surface area contributed by atoms with E-state index in [9.17, 15) is 14.7 Å².